The van der Waals surface area contributed by atoms with Gasteiger partial charge in [-0.15, -0.1) is 0 Å². The molecule has 1 unspecified atom stereocenters. The zero-order valence-electron chi connectivity index (χ0n) is 14.7. The van der Waals surface area contributed by atoms with E-state index in [2.05, 4.69) is 19.2 Å². The number of fused-ring (bicyclic) bond motifs is 5. The summed E-state index contributed by atoms with van der Waals surface area (Å²) in [6.45, 7) is 5.64. The second kappa shape index (κ2) is 5.32. The van der Waals surface area contributed by atoms with Crippen molar-refractivity contribution in [2.75, 3.05) is 6.54 Å². The lowest BCUT2D eigenvalue weighted by Gasteiger charge is -2.58. The van der Waals surface area contributed by atoms with Gasteiger partial charge in [0.25, 0.3) is 0 Å². The van der Waals surface area contributed by atoms with Gasteiger partial charge in [-0.3, -0.25) is 9.59 Å². The van der Waals surface area contributed by atoms with E-state index >= 15 is 0 Å². The third-order valence-corrected chi connectivity index (χ3v) is 8.44. The molecule has 1 heterocycles. The summed E-state index contributed by atoms with van der Waals surface area (Å²) >= 11 is 0. The van der Waals surface area contributed by atoms with Crippen LogP contribution < -0.4 is 5.32 Å². The molecule has 23 heavy (non-hydrogen) atoms. The molecule has 6 atom stereocenters. The van der Waals surface area contributed by atoms with E-state index < -0.39 is 0 Å². The largest absolute Gasteiger partial charge is 0.356 e. The molecule has 0 spiro atoms. The summed E-state index contributed by atoms with van der Waals surface area (Å²) in [6.07, 6.45) is 9.71. The Labute approximate surface area is 140 Å². The van der Waals surface area contributed by atoms with Gasteiger partial charge in [0.05, 0.1) is 0 Å². The van der Waals surface area contributed by atoms with E-state index in [4.69, 9.17) is 0 Å². The van der Waals surface area contributed by atoms with Crippen LogP contribution in [0.25, 0.3) is 0 Å². The van der Waals surface area contributed by atoms with Crippen LogP contribution in [0.15, 0.2) is 0 Å². The summed E-state index contributed by atoms with van der Waals surface area (Å²) in [5, 5.41) is 3.17. The fourth-order valence-corrected chi connectivity index (χ4v) is 6.99. The van der Waals surface area contributed by atoms with Gasteiger partial charge in [0, 0.05) is 24.8 Å². The Hall–Kier alpha value is -0.860. The Morgan fingerprint density at radius 3 is 2.61 bits per heavy atom. The van der Waals surface area contributed by atoms with E-state index in [0.717, 1.165) is 44.1 Å². The first-order valence-corrected chi connectivity index (χ1v) is 9.75. The van der Waals surface area contributed by atoms with Gasteiger partial charge in [-0.05, 0) is 74.0 Å². The predicted molar refractivity (Wildman–Crippen MR) is 89.7 cm³/mol. The third-order valence-electron chi connectivity index (χ3n) is 8.44. The molecule has 4 aliphatic rings. The smallest absolute Gasteiger partial charge is 0.220 e. The van der Waals surface area contributed by atoms with Crippen LogP contribution in [0.5, 0.6) is 0 Å². The van der Waals surface area contributed by atoms with Gasteiger partial charge in [0.15, 0.2) is 0 Å². The maximum Gasteiger partial charge on any atom is 0.220 e. The molecule has 3 saturated carbocycles. The Morgan fingerprint density at radius 2 is 1.78 bits per heavy atom. The molecule has 1 N–H and O–H groups in total. The average molecular weight is 317 g/mol. The summed E-state index contributed by atoms with van der Waals surface area (Å²) in [5.74, 6) is 3.56. The van der Waals surface area contributed by atoms with Crippen LogP contribution in [0.3, 0.4) is 0 Å². The van der Waals surface area contributed by atoms with Crippen LogP contribution in [-0.4, -0.2) is 18.2 Å². The zero-order valence-corrected chi connectivity index (χ0v) is 14.7. The van der Waals surface area contributed by atoms with Gasteiger partial charge in [-0.1, -0.05) is 13.8 Å². The van der Waals surface area contributed by atoms with Crippen molar-refractivity contribution in [2.24, 2.45) is 34.5 Å². The van der Waals surface area contributed by atoms with E-state index in [9.17, 15) is 9.59 Å². The van der Waals surface area contributed by atoms with Gasteiger partial charge >= 0.3 is 0 Å². The monoisotopic (exact) mass is 317 g/mol. The molecule has 3 aliphatic carbocycles. The summed E-state index contributed by atoms with van der Waals surface area (Å²) in [7, 11) is 0. The van der Waals surface area contributed by atoms with Crippen molar-refractivity contribution in [3.8, 4) is 0 Å². The third kappa shape index (κ3) is 2.21. The van der Waals surface area contributed by atoms with Crippen molar-refractivity contribution < 1.29 is 9.59 Å². The fraction of sp³-hybridized carbons (Fsp3) is 0.900. The molecule has 0 bridgehead atoms. The van der Waals surface area contributed by atoms with Crippen LogP contribution in [0.2, 0.25) is 0 Å². The number of carbonyl (C=O) groups excluding carboxylic acids is 2. The lowest BCUT2D eigenvalue weighted by molar-refractivity contribution is -0.138. The van der Waals surface area contributed by atoms with Crippen LogP contribution in [0.1, 0.15) is 71.6 Å². The Kier molecular flexibility index (Phi) is 3.62. The minimum absolute atomic E-state index is 0.0137. The standard InChI is InChI=1S/C20H31NO2/c1-19-10-3-4-18(23)21-12-13(19)5-6-14-15-7-8-17(22)20(15,2)11-9-16(14)19/h13-16H,3-12H2,1-2H3,(H,21,23)/t13-,14-,15-,16?,19-,20-/m0/s1. The SMILES string of the molecule is C[C@]12CCC3[C@@H](CC[C@H]4CNC(=O)CCC[C@]34C)[C@@H]1CCC2=O. The molecule has 0 aromatic rings. The molecule has 128 valence electrons. The van der Waals surface area contributed by atoms with E-state index in [-0.39, 0.29) is 11.3 Å². The summed E-state index contributed by atoms with van der Waals surface area (Å²) in [6, 6.07) is 0. The molecule has 0 aromatic heterocycles. The minimum Gasteiger partial charge on any atom is -0.356 e. The van der Waals surface area contributed by atoms with Crippen molar-refractivity contribution in [3.05, 3.63) is 0 Å². The van der Waals surface area contributed by atoms with Crippen molar-refractivity contribution in [2.45, 2.75) is 71.6 Å². The maximum atomic E-state index is 12.5. The van der Waals surface area contributed by atoms with Gasteiger partial charge in [0.2, 0.25) is 5.91 Å². The first-order valence-electron chi connectivity index (χ1n) is 9.75. The van der Waals surface area contributed by atoms with Crippen LogP contribution in [0.4, 0.5) is 0 Å². The number of ketones is 1. The first kappa shape index (κ1) is 15.7. The first-order chi connectivity index (χ1) is 10.9. The Bertz CT molecular complexity index is 530. The predicted octanol–water partition coefficient (Wildman–Crippen LogP) is 3.71. The zero-order chi connectivity index (χ0) is 16.2. The van der Waals surface area contributed by atoms with Gasteiger partial charge in [0.1, 0.15) is 5.78 Å². The molecule has 1 saturated heterocycles. The quantitative estimate of drug-likeness (QED) is 0.740. The molecule has 1 aliphatic heterocycles. The molecule has 3 heteroatoms. The molecular formula is C20H31NO2. The van der Waals surface area contributed by atoms with E-state index in [1.54, 1.807) is 0 Å². The van der Waals surface area contributed by atoms with Crippen LogP contribution in [0, 0.1) is 34.5 Å². The Balaban J connectivity index is 1.62. The molecule has 0 aromatic carbocycles. The second-order valence-corrected chi connectivity index (χ2v) is 9.23. The highest BCUT2D eigenvalue weighted by Gasteiger charge is 2.59. The highest BCUT2D eigenvalue weighted by molar-refractivity contribution is 5.87. The van der Waals surface area contributed by atoms with Crippen molar-refractivity contribution >= 4 is 11.7 Å². The number of rotatable bonds is 0. The van der Waals surface area contributed by atoms with Gasteiger partial charge in [-0.2, -0.15) is 0 Å². The molecule has 1 amide bonds. The van der Waals surface area contributed by atoms with Gasteiger partial charge in [-0.25, -0.2) is 0 Å². The number of nitrogens with one attached hydrogen (secondary N) is 1. The molecular weight excluding hydrogens is 286 g/mol. The number of hydrogen-bond donors (Lipinski definition) is 1. The maximum absolute atomic E-state index is 12.5. The number of Topliss-reactive ketones (excluding diaryl/α,β-unsaturated/α-hetero) is 1. The van der Waals surface area contributed by atoms with Crippen LogP contribution in [-0.2, 0) is 9.59 Å². The van der Waals surface area contributed by atoms with E-state index in [1.807, 2.05) is 0 Å². The van der Waals surface area contributed by atoms with Crippen LogP contribution >= 0.6 is 0 Å². The molecule has 3 nitrogen and oxygen atoms in total. The van der Waals surface area contributed by atoms with Crippen molar-refractivity contribution in [1.82, 2.24) is 5.32 Å². The lowest BCUT2D eigenvalue weighted by Crippen LogP contribution is -2.54. The number of carbonyl (C=O) groups is 2. The normalized spacial score (nSPS) is 50.2. The van der Waals surface area contributed by atoms with Gasteiger partial charge < -0.3 is 5.32 Å². The highest BCUT2D eigenvalue weighted by Crippen LogP contribution is 2.63. The summed E-state index contributed by atoms with van der Waals surface area (Å²) < 4.78 is 0. The second-order valence-electron chi connectivity index (χ2n) is 9.23. The minimum atomic E-state index is -0.0137. The van der Waals surface area contributed by atoms with Crippen molar-refractivity contribution in [3.63, 3.8) is 0 Å². The van der Waals surface area contributed by atoms with Crippen molar-refractivity contribution in [1.29, 1.82) is 0 Å². The lowest BCUT2D eigenvalue weighted by atomic mass is 9.46. The topological polar surface area (TPSA) is 46.2 Å². The van der Waals surface area contributed by atoms with E-state index in [0.29, 0.717) is 29.5 Å². The molecule has 4 fully saturated rings. The molecule has 4 rings (SSSR count). The average Bonchev–Trinajstić information content (AvgIpc) is 2.81. The summed E-state index contributed by atoms with van der Waals surface area (Å²) in [4.78, 5) is 24.2. The highest BCUT2D eigenvalue weighted by atomic mass is 16.1. The fourth-order valence-electron chi connectivity index (χ4n) is 6.99. The van der Waals surface area contributed by atoms with E-state index in [1.165, 1.54) is 25.7 Å². The Morgan fingerprint density at radius 1 is 0.957 bits per heavy atom. The number of hydrogen-bond acceptors (Lipinski definition) is 2. The number of amides is 1. The summed E-state index contributed by atoms with van der Waals surface area (Å²) in [5.41, 5.74) is 0.351. The molecule has 0 radical (unpaired) electrons.